The lowest BCUT2D eigenvalue weighted by Gasteiger charge is -2.18. The van der Waals surface area contributed by atoms with Gasteiger partial charge in [-0.3, -0.25) is 4.79 Å². The van der Waals surface area contributed by atoms with Crippen molar-refractivity contribution >= 4 is 11.6 Å². The zero-order valence-electron chi connectivity index (χ0n) is 15.8. The van der Waals surface area contributed by atoms with Crippen LogP contribution in [0.2, 0.25) is 0 Å². The number of hydrogen-bond donors (Lipinski definition) is 1. The summed E-state index contributed by atoms with van der Waals surface area (Å²) >= 11 is 0. The van der Waals surface area contributed by atoms with Crippen LogP contribution in [0.5, 0.6) is 11.5 Å². The molecule has 0 aromatic heterocycles. The normalized spacial score (nSPS) is 12.0. The Kier molecular flexibility index (Phi) is 6.07. The second kappa shape index (κ2) is 8.06. The summed E-state index contributed by atoms with van der Waals surface area (Å²) in [6.45, 7) is 11.7. The second-order valence-corrected chi connectivity index (χ2v) is 6.65. The molecule has 2 aromatic carbocycles. The summed E-state index contributed by atoms with van der Waals surface area (Å²) in [7, 11) is 0. The summed E-state index contributed by atoms with van der Waals surface area (Å²) in [5.41, 5.74) is 4.01. The maximum absolute atomic E-state index is 12.5. The van der Waals surface area contributed by atoms with Crippen molar-refractivity contribution in [3.05, 3.63) is 53.1 Å². The molecule has 0 aliphatic carbocycles. The van der Waals surface area contributed by atoms with Crippen LogP contribution in [0, 0.1) is 20.8 Å². The molecule has 4 heteroatoms. The van der Waals surface area contributed by atoms with Crippen LogP contribution in [0.15, 0.2) is 36.4 Å². The molecule has 1 N–H and O–H groups in total. The van der Waals surface area contributed by atoms with Crippen LogP contribution >= 0.6 is 0 Å². The standard InChI is InChI=1S/C21H27NO3/c1-13(2)24-19-9-7-8-18(12-19)22-21(23)17(6)25-20-11-14(3)10-15(4)16(20)5/h7-13,17H,1-6H3,(H,22,23)/t17-/m1/s1. The van der Waals surface area contributed by atoms with E-state index in [1.54, 1.807) is 6.92 Å². The SMILES string of the molecule is Cc1cc(C)c(C)c(O[C@H](C)C(=O)Nc2cccc(OC(C)C)c2)c1. The molecule has 4 nitrogen and oxygen atoms in total. The molecule has 25 heavy (non-hydrogen) atoms. The summed E-state index contributed by atoms with van der Waals surface area (Å²) in [6.07, 6.45) is -0.518. The van der Waals surface area contributed by atoms with Crippen molar-refractivity contribution in [3.63, 3.8) is 0 Å². The van der Waals surface area contributed by atoms with E-state index in [0.29, 0.717) is 5.69 Å². The first-order valence-electron chi connectivity index (χ1n) is 8.58. The Bertz CT molecular complexity index is 753. The number of amides is 1. The Balaban J connectivity index is 2.06. The van der Waals surface area contributed by atoms with Gasteiger partial charge in [0.15, 0.2) is 6.10 Å². The predicted octanol–water partition coefficient (Wildman–Crippen LogP) is 4.81. The fourth-order valence-electron chi connectivity index (χ4n) is 2.53. The highest BCUT2D eigenvalue weighted by molar-refractivity contribution is 5.94. The second-order valence-electron chi connectivity index (χ2n) is 6.65. The number of rotatable bonds is 6. The zero-order valence-corrected chi connectivity index (χ0v) is 15.8. The van der Waals surface area contributed by atoms with E-state index < -0.39 is 6.10 Å². The minimum atomic E-state index is -0.602. The molecule has 0 aliphatic rings. The number of ether oxygens (including phenoxy) is 2. The molecule has 0 bridgehead atoms. The number of aryl methyl sites for hydroxylation is 2. The lowest BCUT2D eigenvalue weighted by atomic mass is 10.1. The summed E-state index contributed by atoms with van der Waals surface area (Å²) < 4.78 is 11.5. The van der Waals surface area contributed by atoms with Crippen LogP contribution < -0.4 is 14.8 Å². The van der Waals surface area contributed by atoms with Crippen molar-refractivity contribution in [3.8, 4) is 11.5 Å². The van der Waals surface area contributed by atoms with Crippen molar-refractivity contribution in [1.29, 1.82) is 0 Å². The van der Waals surface area contributed by atoms with Crippen molar-refractivity contribution in [2.24, 2.45) is 0 Å². The van der Waals surface area contributed by atoms with E-state index in [1.807, 2.05) is 65.0 Å². The third-order valence-corrected chi connectivity index (χ3v) is 3.91. The van der Waals surface area contributed by atoms with Crippen LogP contribution in [0.3, 0.4) is 0 Å². The first-order chi connectivity index (χ1) is 11.8. The minimum Gasteiger partial charge on any atom is -0.491 e. The van der Waals surface area contributed by atoms with E-state index in [1.165, 1.54) is 0 Å². The van der Waals surface area contributed by atoms with Gasteiger partial charge in [-0.2, -0.15) is 0 Å². The fourth-order valence-corrected chi connectivity index (χ4v) is 2.53. The molecule has 0 saturated carbocycles. The van der Waals surface area contributed by atoms with Gasteiger partial charge in [0.1, 0.15) is 11.5 Å². The molecule has 2 aromatic rings. The molecule has 2 rings (SSSR count). The number of carbonyl (C=O) groups excluding carboxylic acids is 1. The van der Waals surface area contributed by atoms with Gasteiger partial charge in [0.2, 0.25) is 0 Å². The number of anilines is 1. The Morgan fingerprint density at radius 2 is 1.72 bits per heavy atom. The molecular weight excluding hydrogens is 314 g/mol. The summed E-state index contributed by atoms with van der Waals surface area (Å²) in [4.78, 5) is 12.5. The third kappa shape index (κ3) is 5.24. The van der Waals surface area contributed by atoms with Crippen LogP contribution in [0.25, 0.3) is 0 Å². The summed E-state index contributed by atoms with van der Waals surface area (Å²) in [5, 5.41) is 2.88. The van der Waals surface area contributed by atoms with Gasteiger partial charge in [-0.05, 0) is 76.4 Å². The number of benzene rings is 2. The Hall–Kier alpha value is -2.49. The van der Waals surface area contributed by atoms with Crippen LogP contribution in [0.4, 0.5) is 5.69 Å². The lowest BCUT2D eigenvalue weighted by molar-refractivity contribution is -0.122. The molecule has 0 spiro atoms. The Morgan fingerprint density at radius 1 is 1.00 bits per heavy atom. The van der Waals surface area contributed by atoms with Crippen molar-refractivity contribution in [1.82, 2.24) is 0 Å². The largest absolute Gasteiger partial charge is 0.491 e. The molecular formula is C21H27NO3. The van der Waals surface area contributed by atoms with Gasteiger partial charge < -0.3 is 14.8 Å². The molecule has 134 valence electrons. The minimum absolute atomic E-state index is 0.0840. The number of nitrogens with one attached hydrogen (secondary N) is 1. The molecule has 0 heterocycles. The molecule has 0 fully saturated rings. The van der Waals surface area contributed by atoms with Gasteiger partial charge in [-0.1, -0.05) is 12.1 Å². The maximum atomic E-state index is 12.5. The molecule has 0 radical (unpaired) electrons. The lowest BCUT2D eigenvalue weighted by Crippen LogP contribution is -2.30. The van der Waals surface area contributed by atoms with E-state index in [0.717, 1.165) is 28.2 Å². The maximum Gasteiger partial charge on any atom is 0.265 e. The van der Waals surface area contributed by atoms with Crippen LogP contribution in [-0.2, 0) is 4.79 Å². The number of carbonyl (C=O) groups is 1. The van der Waals surface area contributed by atoms with E-state index in [4.69, 9.17) is 9.47 Å². The highest BCUT2D eigenvalue weighted by atomic mass is 16.5. The van der Waals surface area contributed by atoms with Gasteiger partial charge in [-0.25, -0.2) is 0 Å². The molecule has 1 atom stereocenters. The predicted molar refractivity (Wildman–Crippen MR) is 102 cm³/mol. The molecule has 0 saturated heterocycles. The Labute approximate surface area is 150 Å². The topological polar surface area (TPSA) is 47.6 Å². The smallest absolute Gasteiger partial charge is 0.265 e. The molecule has 0 aliphatic heterocycles. The van der Waals surface area contributed by atoms with E-state index in [-0.39, 0.29) is 12.0 Å². The summed E-state index contributed by atoms with van der Waals surface area (Å²) in [5.74, 6) is 1.28. The van der Waals surface area contributed by atoms with Gasteiger partial charge in [0.05, 0.1) is 6.10 Å². The van der Waals surface area contributed by atoms with Crippen molar-refractivity contribution in [2.45, 2.75) is 53.8 Å². The molecule has 1 amide bonds. The first kappa shape index (κ1) is 18.8. The van der Waals surface area contributed by atoms with Gasteiger partial charge in [-0.15, -0.1) is 0 Å². The number of hydrogen-bond acceptors (Lipinski definition) is 3. The Morgan fingerprint density at radius 3 is 2.40 bits per heavy atom. The molecule has 0 unspecified atom stereocenters. The van der Waals surface area contributed by atoms with Crippen molar-refractivity contribution < 1.29 is 14.3 Å². The first-order valence-corrected chi connectivity index (χ1v) is 8.58. The highest BCUT2D eigenvalue weighted by Crippen LogP contribution is 2.25. The van der Waals surface area contributed by atoms with Crippen LogP contribution in [0.1, 0.15) is 37.5 Å². The van der Waals surface area contributed by atoms with Gasteiger partial charge >= 0.3 is 0 Å². The zero-order chi connectivity index (χ0) is 18.6. The van der Waals surface area contributed by atoms with Crippen LogP contribution in [-0.4, -0.2) is 18.1 Å². The van der Waals surface area contributed by atoms with Gasteiger partial charge in [0, 0.05) is 11.8 Å². The summed E-state index contributed by atoms with van der Waals surface area (Å²) in [6, 6.07) is 11.4. The van der Waals surface area contributed by atoms with Gasteiger partial charge in [0.25, 0.3) is 5.91 Å². The van der Waals surface area contributed by atoms with Crippen molar-refractivity contribution in [2.75, 3.05) is 5.32 Å². The van der Waals surface area contributed by atoms with E-state index in [2.05, 4.69) is 11.4 Å². The average molecular weight is 341 g/mol. The van der Waals surface area contributed by atoms with E-state index >= 15 is 0 Å². The van der Waals surface area contributed by atoms with E-state index in [9.17, 15) is 4.79 Å². The fraction of sp³-hybridized carbons (Fsp3) is 0.381. The monoisotopic (exact) mass is 341 g/mol. The highest BCUT2D eigenvalue weighted by Gasteiger charge is 2.17. The third-order valence-electron chi connectivity index (χ3n) is 3.91. The average Bonchev–Trinajstić information content (AvgIpc) is 2.51. The quantitative estimate of drug-likeness (QED) is 0.820.